The Morgan fingerprint density at radius 1 is 1.12 bits per heavy atom. The Morgan fingerprint density at radius 2 is 1.80 bits per heavy atom. The van der Waals surface area contributed by atoms with Gasteiger partial charge in [-0.3, -0.25) is 9.59 Å². The number of aryl methyl sites for hydroxylation is 1. The molecule has 1 heterocycles. The van der Waals surface area contributed by atoms with Crippen LogP contribution in [0.4, 0.5) is 0 Å². The minimum atomic E-state index is -0.303. The molecule has 0 spiro atoms. The van der Waals surface area contributed by atoms with E-state index in [4.69, 9.17) is 23.2 Å². The van der Waals surface area contributed by atoms with E-state index in [2.05, 4.69) is 5.10 Å². The van der Waals surface area contributed by atoms with Crippen LogP contribution in [0.15, 0.2) is 47.3 Å². The fourth-order valence-corrected chi connectivity index (χ4v) is 3.02. The van der Waals surface area contributed by atoms with E-state index >= 15 is 0 Å². The van der Waals surface area contributed by atoms with Crippen LogP contribution in [0.2, 0.25) is 10.0 Å². The highest BCUT2D eigenvalue weighted by Crippen LogP contribution is 2.26. The predicted octanol–water partition coefficient (Wildman–Crippen LogP) is 3.51. The number of aromatic nitrogens is 2. The molecule has 0 fully saturated rings. The maximum absolute atomic E-state index is 12.9. The van der Waals surface area contributed by atoms with Crippen LogP contribution in [0.1, 0.15) is 16.1 Å². The summed E-state index contributed by atoms with van der Waals surface area (Å²) in [7, 11) is 3.18. The second kappa shape index (κ2) is 6.86. The number of carbonyl (C=O) groups excluding carboxylic acids is 1. The Labute approximate surface area is 154 Å². The lowest BCUT2D eigenvalue weighted by atomic mass is 10.1. The van der Waals surface area contributed by atoms with Crippen LogP contribution in [-0.2, 0) is 13.6 Å². The van der Waals surface area contributed by atoms with E-state index < -0.39 is 0 Å². The zero-order valence-corrected chi connectivity index (χ0v) is 15.2. The van der Waals surface area contributed by atoms with E-state index in [-0.39, 0.29) is 23.7 Å². The summed E-state index contributed by atoms with van der Waals surface area (Å²) < 4.78 is 1.18. The summed E-state index contributed by atoms with van der Waals surface area (Å²) in [6.45, 7) is 0.275. The van der Waals surface area contributed by atoms with Crippen molar-refractivity contribution < 1.29 is 4.79 Å². The van der Waals surface area contributed by atoms with Crippen LogP contribution < -0.4 is 5.56 Å². The average Bonchev–Trinajstić information content (AvgIpc) is 2.61. The molecule has 1 amide bonds. The Bertz CT molecular complexity index is 1030. The van der Waals surface area contributed by atoms with Gasteiger partial charge in [-0.1, -0.05) is 53.5 Å². The molecule has 0 atom stereocenters. The van der Waals surface area contributed by atoms with Crippen LogP contribution in [0.25, 0.3) is 10.8 Å². The Hall–Kier alpha value is -2.37. The number of halogens is 2. The van der Waals surface area contributed by atoms with Gasteiger partial charge < -0.3 is 4.90 Å². The summed E-state index contributed by atoms with van der Waals surface area (Å²) in [5, 5.41) is 6.00. The largest absolute Gasteiger partial charge is 0.336 e. The molecule has 3 rings (SSSR count). The normalized spacial score (nSPS) is 10.9. The van der Waals surface area contributed by atoms with Crippen molar-refractivity contribution in [2.45, 2.75) is 6.54 Å². The van der Waals surface area contributed by atoms with Crippen molar-refractivity contribution in [3.05, 3.63) is 74.1 Å². The molecular formula is C18H15Cl2N3O2. The fourth-order valence-electron chi connectivity index (χ4n) is 2.64. The van der Waals surface area contributed by atoms with E-state index in [1.165, 1.54) is 16.6 Å². The number of benzene rings is 2. The van der Waals surface area contributed by atoms with Crippen molar-refractivity contribution in [3.8, 4) is 0 Å². The number of hydrogen-bond donors (Lipinski definition) is 0. The molecule has 0 saturated heterocycles. The molecule has 0 unspecified atom stereocenters. The van der Waals surface area contributed by atoms with Crippen LogP contribution in [-0.4, -0.2) is 27.6 Å². The number of carbonyl (C=O) groups is 1. The first kappa shape index (κ1) is 17.5. The highest BCUT2D eigenvalue weighted by molar-refractivity contribution is 6.42. The Balaban J connectivity index is 2.01. The molecular weight excluding hydrogens is 361 g/mol. The standard InChI is InChI=1S/C18H15Cl2N3O2/c1-22(10-11-6-5-9-14(19)15(11)20)18(25)16-12-7-3-4-8-13(12)17(24)23(2)21-16/h3-9H,10H2,1-2H3. The van der Waals surface area contributed by atoms with Gasteiger partial charge in [-0.05, 0) is 17.7 Å². The highest BCUT2D eigenvalue weighted by Gasteiger charge is 2.20. The first-order valence-electron chi connectivity index (χ1n) is 7.54. The number of fused-ring (bicyclic) bond motifs is 1. The van der Waals surface area contributed by atoms with Gasteiger partial charge in [0.25, 0.3) is 11.5 Å². The zero-order valence-electron chi connectivity index (χ0n) is 13.7. The van der Waals surface area contributed by atoms with Gasteiger partial charge in [0, 0.05) is 26.0 Å². The maximum Gasteiger partial charge on any atom is 0.274 e. The predicted molar refractivity (Wildman–Crippen MR) is 99.2 cm³/mol. The van der Waals surface area contributed by atoms with Crippen molar-refractivity contribution >= 4 is 39.9 Å². The van der Waals surface area contributed by atoms with Crippen molar-refractivity contribution in [1.82, 2.24) is 14.7 Å². The van der Waals surface area contributed by atoms with Gasteiger partial charge in [0.05, 0.1) is 15.4 Å². The molecule has 3 aromatic rings. The Morgan fingerprint density at radius 3 is 2.52 bits per heavy atom. The highest BCUT2D eigenvalue weighted by atomic mass is 35.5. The molecule has 1 aromatic heterocycles. The monoisotopic (exact) mass is 375 g/mol. The van der Waals surface area contributed by atoms with Crippen LogP contribution >= 0.6 is 23.2 Å². The molecule has 5 nitrogen and oxygen atoms in total. The summed E-state index contributed by atoms with van der Waals surface area (Å²) in [6, 6.07) is 12.2. The SMILES string of the molecule is CN(Cc1cccc(Cl)c1Cl)C(=O)c1nn(C)c(=O)c2ccccc12. The topological polar surface area (TPSA) is 55.2 Å². The molecule has 128 valence electrons. The van der Waals surface area contributed by atoms with E-state index in [9.17, 15) is 9.59 Å². The first-order valence-corrected chi connectivity index (χ1v) is 8.30. The minimum absolute atomic E-state index is 0.221. The van der Waals surface area contributed by atoms with Gasteiger partial charge in [0.1, 0.15) is 0 Å². The lowest BCUT2D eigenvalue weighted by Gasteiger charge is -2.19. The Kier molecular flexibility index (Phi) is 4.79. The second-order valence-corrected chi connectivity index (χ2v) is 6.48. The number of hydrogen-bond acceptors (Lipinski definition) is 3. The van der Waals surface area contributed by atoms with Crippen LogP contribution in [0.5, 0.6) is 0 Å². The molecule has 0 aliphatic carbocycles. The van der Waals surface area contributed by atoms with E-state index in [1.807, 2.05) is 6.07 Å². The summed E-state index contributed by atoms with van der Waals surface area (Å²) in [5.74, 6) is -0.303. The molecule has 2 aromatic carbocycles. The number of rotatable bonds is 3. The van der Waals surface area contributed by atoms with Gasteiger partial charge in [-0.15, -0.1) is 0 Å². The molecule has 0 aliphatic heterocycles. The van der Waals surface area contributed by atoms with Crippen LogP contribution in [0.3, 0.4) is 0 Å². The lowest BCUT2D eigenvalue weighted by Crippen LogP contribution is -2.31. The van der Waals surface area contributed by atoms with E-state index in [0.29, 0.717) is 20.8 Å². The van der Waals surface area contributed by atoms with Gasteiger partial charge in [-0.25, -0.2) is 4.68 Å². The van der Waals surface area contributed by atoms with E-state index in [0.717, 1.165) is 5.56 Å². The molecule has 0 bridgehead atoms. The number of amides is 1. The average molecular weight is 376 g/mol. The quantitative estimate of drug-likeness (QED) is 0.703. The van der Waals surface area contributed by atoms with E-state index in [1.54, 1.807) is 43.4 Å². The van der Waals surface area contributed by atoms with Crippen molar-refractivity contribution in [1.29, 1.82) is 0 Å². The fraction of sp³-hybridized carbons (Fsp3) is 0.167. The molecule has 7 heteroatoms. The van der Waals surface area contributed by atoms with Gasteiger partial charge in [-0.2, -0.15) is 5.10 Å². The zero-order chi connectivity index (χ0) is 18.1. The van der Waals surface area contributed by atoms with Crippen LogP contribution in [0, 0.1) is 0 Å². The maximum atomic E-state index is 12.9. The summed E-state index contributed by atoms with van der Waals surface area (Å²) >= 11 is 12.2. The number of nitrogens with zero attached hydrogens (tertiary/aromatic N) is 3. The summed E-state index contributed by atoms with van der Waals surface area (Å²) in [4.78, 5) is 26.6. The molecule has 0 radical (unpaired) electrons. The molecule has 25 heavy (non-hydrogen) atoms. The van der Waals surface area contributed by atoms with Crippen molar-refractivity contribution in [2.75, 3.05) is 7.05 Å². The third kappa shape index (κ3) is 3.25. The minimum Gasteiger partial charge on any atom is -0.336 e. The van der Waals surface area contributed by atoms with Crippen molar-refractivity contribution in [3.63, 3.8) is 0 Å². The molecule has 0 saturated carbocycles. The molecule has 0 N–H and O–H groups in total. The van der Waals surface area contributed by atoms with Gasteiger partial charge in [0.15, 0.2) is 5.69 Å². The third-order valence-electron chi connectivity index (χ3n) is 3.94. The van der Waals surface area contributed by atoms with Crippen molar-refractivity contribution in [2.24, 2.45) is 7.05 Å². The smallest absolute Gasteiger partial charge is 0.274 e. The first-order chi connectivity index (χ1) is 11.9. The van der Waals surface area contributed by atoms with Gasteiger partial charge >= 0.3 is 0 Å². The second-order valence-electron chi connectivity index (χ2n) is 5.70. The molecule has 0 aliphatic rings. The summed E-state index contributed by atoms with van der Waals surface area (Å²) in [6.07, 6.45) is 0. The summed E-state index contributed by atoms with van der Waals surface area (Å²) in [5.41, 5.74) is 0.713. The lowest BCUT2D eigenvalue weighted by molar-refractivity contribution is 0.0779. The third-order valence-corrected chi connectivity index (χ3v) is 4.80. The van der Waals surface area contributed by atoms with Gasteiger partial charge in [0.2, 0.25) is 0 Å².